The molecular weight excluding hydrogens is 366 g/mol. The van der Waals surface area contributed by atoms with Crippen LogP contribution in [0.4, 0.5) is 0 Å². The first-order valence-electron chi connectivity index (χ1n) is 6.56. The van der Waals surface area contributed by atoms with E-state index in [0.717, 1.165) is 32.3 Å². The molecule has 0 N–H and O–H groups in total. The highest BCUT2D eigenvalue weighted by Gasteiger charge is 2.12. The molecule has 0 spiro atoms. The van der Waals surface area contributed by atoms with E-state index in [2.05, 4.69) is 26.1 Å². The van der Waals surface area contributed by atoms with Gasteiger partial charge in [0.15, 0.2) is 10.8 Å². The van der Waals surface area contributed by atoms with Crippen molar-refractivity contribution in [1.82, 2.24) is 14.6 Å². The Kier molecular flexibility index (Phi) is 4.54. The van der Waals surface area contributed by atoms with Crippen LogP contribution in [0.5, 0.6) is 11.5 Å². The molecule has 5 nitrogen and oxygen atoms in total. The first kappa shape index (κ1) is 15.2. The number of ether oxygens (including phenoxy) is 2. The summed E-state index contributed by atoms with van der Waals surface area (Å²) in [7, 11) is 3.31. The maximum absolute atomic E-state index is 5.44. The van der Waals surface area contributed by atoms with Crippen LogP contribution in [0.3, 0.4) is 0 Å². The lowest BCUT2D eigenvalue weighted by molar-refractivity contribution is 0.398. The Balaban J connectivity index is 1.87. The maximum atomic E-state index is 5.44. The molecule has 1 aromatic carbocycles. The van der Waals surface area contributed by atoms with Gasteiger partial charge in [-0.3, -0.25) is 4.40 Å². The quantitative estimate of drug-likeness (QED) is 0.631. The molecule has 7 heteroatoms. The highest BCUT2D eigenvalue weighted by atomic mass is 79.9. The van der Waals surface area contributed by atoms with Crippen molar-refractivity contribution in [2.45, 2.75) is 10.9 Å². The maximum Gasteiger partial charge on any atom is 0.195 e. The van der Waals surface area contributed by atoms with E-state index >= 15 is 0 Å². The lowest BCUT2D eigenvalue weighted by Crippen LogP contribution is -1.94. The smallest absolute Gasteiger partial charge is 0.195 e. The van der Waals surface area contributed by atoms with Gasteiger partial charge in [-0.2, -0.15) is 0 Å². The molecule has 0 atom stereocenters. The summed E-state index contributed by atoms with van der Waals surface area (Å²) >= 11 is 5.07. The molecule has 0 bridgehead atoms. The molecule has 2 heterocycles. The number of fused-ring (bicyclic) bond motifs is 1. The van der Waals surface area contributed by atoms with Gasteiger partial charge in [-0.15, -0.1) is 10.2 Å². The van der Waals surface area contributed by atoms with Crippen LogP contribution in [-0.4, -0.2) is 28.8 Å². The number of aromatic nitrogens is 3. The predicted molar refractivity (Wildman–Crippen MR) is 89.8 cm³/mol. The average Bonchev–Trinajstić information content (AvgIpc) is 2.96. The van der Waals surface area contributed by atoms with Crippen molar-refractivity contribution in [3.63, 3.8) is 0 Å². The zero-order valence-electron chi connectivity index (χ0n) is 12.1. The van der Waals surface area contributed by atoms with E-state index in [-0.39, 0.29) is 0 Å². The van der Waals surface area contributed by atoms with E-state index in [1.165, 1.54) is 0 Å². The Labute approximate surface area is 140 Å². The van der Waals surface area contributed by atoms with Crippen molar-refractivity contribution in [1.29, 1.82) is 0 Å². The van der Waals surface area contributed by atoms with E-state index in [9.17, 15) is 0 Å². The minimum absolute atomic E-state index is 0.711. The molecule has 0 saturated heterocycles. The first-order valence-corrected chi connectivity index (χ1v) is 8.33. The summed E-state index contributed by atoms with van der Waals surface area (Å²) in [4.78, 5) is 0. The van der Waals surface area contributed by atoms with E-state index in [1.807, 2.05) is 40.9 Å². The third-order valence-corrected chi connectivity index (χ3v) is 4.81. The third kappa shape index (κ3) is 2.91. The second-order valence-corrected chi connectivity index (χ2v) is 6.30. The minimum atomic E-state index is 0.711. The fourth-order valence-electron chi connectivity index (χ4n) is 2.10. The van der Waals surface area contributed by atoms with Gasteiger partial charge < -0.3 is 9.47 Å². The summed E-state index contributed by atoms with van der Waals surface area (Å²) in [6, 6.07) is 9.72. The van der Waals surface area contributed by atoms with Crippen LogP contribution in [0.15, 0.2) is 46.2 Å². The molecule has 0 fully saturated rings. The van der Waals surface area contributed by atoms with Crippen LogP contribution in [0.25, 0.3) is 5.65 Å². The molecule has 0 amide bonds. The van der Waals surface area contributed by atoms with E-state index in [0.29, 0.717) is 5.75 Å². The largest absolute Gasteiger partial charge is 0.496 e. The number of halogens is 1. The van der Waals surface area contributed by atoms with E-state index in [4.69, 9.17) is 9.47 Å². The predicted octanol–water partition coefficient (Wildman–Crippen LogP) is 3.80. The van der Waals surface area contributed by atoms with E-state index < -0.39 is 0 Å². The summed E-state index contributed by atoms with van der Waals surface area (Å²) in [6.07, 6.45) is 1.96. The fourth-order valence-corrected chi connectivity index (χ4v) is 3.48. The summed E-state index contributed by atoms with van der Waals surface area (Å²) in [5, 5.41) is 9.22. The monoisotopic (exact) mass is 379 g/mol. The SMILES string of the molecule is COc1cc(CSc2nnc3ccccn23)c(OC)cc1Br. The molecule has 114 valence electrons. The van der Waals surface area contributed by atoms with Crippen molar-refractivity contribution in [2.24, 2.45) is 0 Å². The number of hydrogen-bond donors (Lipinski definition) is 0. The lowest BCUT2D eigenvalue weighted by Gasteiger charge is -2.11. The lowest BCUT2D eigenvalue weighted by atomic mass is 10.2. The van der Waals surface area contributed by atoms with Gasteiger partial charge >= 0.3 is 0 Å². The van der Waals surface area contributed by atoms with Crippen LogP contribution >= 0.6 is 27.7 Å². The standard InChI is InChI=1S/C15H14BrN3O2S/c1-20-12-8-11(16)13(21-2)7-10(12)9-22-15-18-17-14-5-3-4-6-19(14)15/h3-8H,9H2,1-2H3. The molecule has 0 aliphatic heterocycles. The van der Waals surface area contributed by atoms with Gasteiger partial charge in [0.1, 0.15) is 11.5 Å². The van der Waals surface area contributed by atoms with Crippen LogP contribution in [-0.2, 0) is 5.75 Å². The van der Waals surface area contributed by atoms with E-state index in [1.54, 1.807) is 26.0 Å². The van der Waals surface area contributed by atoms with Crippen molar-refractivity contribution in [2.75, 3.05) is 14.2 Å². The normalized spacial score (nSPS) is 10.9. The second kappa shape index (κ2) is 6.58. The van der Waals surface area contributed by atoms with Gasteiger partial charge in [-0.25, -0.2) is 0 Å². The minimum Gasteiger partial charge on any atom is -0.496 e. The molecule has 0 saturated carbocycles. The number of benzene rings is 1. The number of methoxy groups -OCH3 is 2. The molecule has 3 rings (SSSR count). The summed E-state index contributed by atoms with van der Waals surface area (Å²) in [5.41, 5.74) is 1.88. The number of nitrogens with zero attached hydrogens (tertiary/aromatic N) is 3. The van der Waals surface area contributed by atoms with Crippen LogP contribution in [0.2, 0.25) is 0 Å². The Bertz CT molecular complexity index is 807. The first-order chi connectivity index (χ1) is 10.7. The molecule has 3 aromatic rings. The van der Waals surface area contributed by atoms with Gasteiger partial charge in [-0.1, -0.05) is 17.8 Å². The fraction of sp³-hybridized carbons (Fsp3) is 0.200. The zero-order chi connectivity index (χ0) is 15.5. The molecule has 0 aliphatic carbocycles. The second-order valence-electron chi connectivity index (χ2n) is 4.50. The van der Waals surface area contributed by atoms with Crippen molar-refractivity contribution in [3.8, 4) is 11.5 Å². The average molecular weight is 380 g/mol. The Morgan fingerprint density at radius 1 is 1.14 bits per heavy atom. The van der Waals surface area contributed by atoms with Crippen molar-refractivity contribution < 1.29 is 9.47 Å². The third-order valence-electron chi connectivity index (χ3n) is 3.19. The number of thioether (sulfide) groups is 1. The number of hydrogen-bond acceptors (Lipinski definition) is 5. The van der Waals surface area contributed by atoms with Gasteiger partial charge in [-0.05, 0) is 40.2 Å². The molecular formula is C15H14BrN3O2S. The molecule has 0 aliphatic rings. The van der Waals surface area contributed by atoms with Crippen molar-refractivity contribution in [3.05, 3.63) is 46.6 Å². The van der Waals surface area contributed by atoms with Gasteiger partial charge in [0.25, 0.3) is 0 Å². The van der Waals surface area contributed by atoms with Crippen LogP contribution < -0.4 is 9.47 Å². The highest BCUT2D eigenvalue weighted by Crippen LogP contribution is 2.35. The summed E-state index contributed by atoms with van der Waals surface area (Å²) in [6.45, 7) is 0. The number of pyridine rings is 1. The van der Waals surface area contributed by atoms with Crippen LogP contribution in [0.1, 0.15) is 5.56 Å². The van der Waals surface area contributed by atoms with Gasteiger partial charge in [0.2, 0.25) is 0 Å². The van der Waals surface area contributed by atoms with Crippen LogP contribution in [0, 0.1) is 0 Å². The summed E-state index contributed by atoms with van der Waals surface area (Å²) in [5.74, 6) is 2.30. The molecule has 2 aromatic heterocycles. The van der Waals surface area contributed by atoms with Gasteiger partial charge in [0, 0.05) is 17.5 Å². The Morgan fingerprint density at radius 2 is 1.95 bits per heavy atom. The Hall–Kier alpha value is -1.73. The van der Waals surface area contributed by atoms with Crippen molar-refractivity contribution >= 4 is 33.3 Å². The molecule has 22 heavy (non-hydrogen) atoms. The Morgan fingerprint density at radius 3 is 2.73 bits per heavy atom. The van der Waals surface area contributed by atoms with Gasteiger partial charge in [0.05, 0.1) is 18.7 Å². The number of rotatable bonds is 5. The zero-order valence-corrected chi connectivity index (χ0v) is 14.5. The molecule has 0 radical (unpaired) electrons. The molecule has 0 unspecified atom stereocenters. The summed E-state index contributed by atoms with van der Waals surface area (Å²) < 4.78 is 13.6. The topological polar surface area (TPSA) is 48.7 Å². The highest BCUT2D eigenvalue weighted by molar-refractivity contribution is 9.10.